The summed E-state index contributed by atoms with van der Waals surface area (Å²) in [4.78, 5) is 22.7. The molecule has 0 radical (unpaired) electrons. The average molecular weight is 555 g/mol. The van der Waals surface area contributed by atoms with Crippen molar-refractivity contribution >= 4 is 30.0 Å². The first kappa shape index (κ1) is 30.4. The minimum absolute atomic E-state index is 0.00343. The zero-order valence-corrected chi connectivity index (χ0v) is 24.2. The Labute approximate surface area is 218 Å². The molecule has 0 amide bonds. The normalized spacial score (nSPS) is 14.5. The van der Waals surface area contributed by atoms with Crippen molar-refractivity contribution in [3.05, 3.63) is 64.2 Å². The van der Waals surface area contributed by atoms with E-state index >= 15 is 4.39 Å². The van der Waals surface area contributed by atoms with E-state index < -0.39 is 57.6 Å². The van der Waals surface area contributed by atoms with Crippen LogP contribution in [0, 0.1) is 10.1 Å². The molecule has 0 heterocycles. The summed E-state index contributed by atoms with van der Waals surface area (Å²) < 4.78 is 55.4. The van der Waals surface area contributed by atoms with E-state index in [2.05, 4.69) is 33.9 Å². The van der Waals surface area contributed by atoms with Crippen molar-refractivity contribution in [1.82, 2.24) is 4.72 Å². The van der Waals surface area contributed by atoms with Gasteiger partial charge in [-0.25, -0.2) is 12.8 Å². The third-order valence-corrected chi connectivity index (χ3v) is 11.8. The van der Waals surface area contributed by atoms with Gasteiger partial charge in [-0.1, -0.05) is 45.0 Å². The lowest BCUT2D eigenvalue weighted by Crippen LogP contribution is -2.46. The van der Waals surface area contributed by atoms with E-state index in [0.717, 1.165) is 12.1 Å². The Kier molecular flexibility index (Phi) is 8.94. The molecule has 0 aromatic heterocycles. The summed E-state index contributed by atoms with van der Waals surface area (Å²) in [7, 11) is -6.84. The van der Waals surface area contributed by atoms with Crippen molar-refractivity contribution in [2.45, 2.75) is 82.4 Å². The van der Waals surface area contributed by atoms with Crippen molar-refractivity contribution in [2.24, 2.45) is 0 Å². The molecule has 0 saturated carbocycles. The van der Waals surface area contributed by atoms with Gasteiger partial charge in [0.15, 0.2) is 17.1 Å². The monoisotopic (exact) mass is 554 g/mol. The van der Waals surface area contributed by atoms with Crippen molar-refractivity contribution < 1.29 is 31.7 Å². The van der Waals surface area contributed by atoms with Crippen LogP contribution < -0.4 is 9.15 Å². The molecule has 1 N–H and O–H groups in total. The highest BCUT2D eigenvalue weighted by molar-refractivity contribution is 7.89. The number of carbonyl (C=O) groups excluding carboxylic acids is 1. The van der Waals surface area contributed by atoms with E-state index in [-0.39, 0.29) is 10.6 Å². The predicted molar refractivity (Wildman–Crippen MR) is 141 cm³/mol. The first-order valence-electron chi connectivity index (χ1n) is 11.7. The Hall–Kier alpha value is -2.83. The second-order valence-electron chi connectivity index (χ2n) is 11.2. The van der Waals surface area contributed by atoms with E-state index in [1.54, 1.807) is 32.9 Å². The number of nitro groups is 1. The molecule has 204 valence electrons. The molecule has 0 saturated heterocycles. The van der Waals surface area contributed by atoms with Crippen LogP contribution in [0.3, 0.4) is 0 Å². The molecule has 1 unspecified atom stereocenters. The van der Waals surface area contributed by atoms with Gasteiger partial charge >= 0.3 is 5.97 Å². The number of para-hydroxylation sites is 1. The lowest BCUT2D eigenvalue weighted by Gasteiger charge is -2.36. The number of esters is 1. The van der Waals surface area contributed by atoms with Gasteiger partial charge < -0.3 is 9.16 Å². The van der Waals surface area contributed by atoms with Crippen molar-refractivity contribution in [3.63, 3.8) is 0 Å². The molecule has 0 aliphatic rings. The lowest BCUT2D eigenvalue weighted by atomic mass is 10.0. The minimum atomic E-state index is -4.69. The van der Waals surface area contributed by atoms with E-state index in [1.165, 1.54) is 24.3 Å². The smallest absolute Gasteiger partial charge is 0.328 e. The number of halogens is 1. The van der Waals surface area contributed by atoms with Crippen LogP contribution in [-0.2, 0) is 19.6 Å². The van der Waals surface area contributed by atoms with Crippen molar-refractivity contribution in [3.8, 4) is 5.75 Å². The summed E-state index contributed by atoms with van der Waals surface area (Å²) in [6.07, 6.45) is -2.16. The molecule has 37 heavy (non-hydrogen) atoms. The molecular weight excluding hydrogens is 519 g/mol. The second kappa shape index (κ2) is 10.9. The van der Waals surface area contributed by atoms with Gasteiger partial charge in [-0.15, -0.1) is 0 Å². The molecule has 0 fully saturated rings. The quantitative estimate of drug-likeness (QED) is 0.183. The zero-order chi connectivity index (χ0) is 28.4. The first-order valence-corrected chi connectivity index (χ1v) is 16.1. The molecular formula is C25H35FN2O7SSi. The number of benzene rings is 2. The number of hydrogen-bond donors (Lipinski definition) is 1. The Morgan fingerprint density at radius 1 is 1.03 bits per heavy atom. The molecule has 2 aromatic carbocycles. The maximum absolute atomic E-state index is 15.8. The lowest BCUT2D eigenvalue weighted by molar-refractivity contribution is -0.387. The Morgan fingerprint density at radius 3 is 2.05 bits per heavy atom. The summed E-state index contributed by atoms with van der Waals surface area (Å²) >= 11 is 0. The van der Waals surface area contributed by atoms with Crippen LogP contribution in [-0.4, -0.2) is 39.3 Å². The minimum Gasteiger partial charge on any atom is -0.544 e. The summed E-state index contributed by atoms with van der Waals surface area (Å²) in [5.41, 5.74) is -1.75. The fraction of sp³-hybridized carbons (Fsp3) is 0.480. The van der Waals surface area contributed by atoms with Gasteiger partial charge in [-0.2, -0.15) is 4.72 Å². The molecule has 9 nitrogen and oxygen atoms in total. The van der Waals surface area contributed by atoms with Gasteiger partial charge in [-0.3, -0.25) is 14.9 Å². The Balaban J connectivity index is 2.43. The van der Waals surface area contributed by atoms with Gasteiger partial charge in [0.2, 0.25) is 18.3 Å². The van der Waals surface area contributed by atoms with Gasteiger partial charge in [0, 0.05) is 6.07 Å². The maximum Gasteiger partial charge on any atom is 0.328 e. The van der Waals surface area contributed by atoms with E-state index in [4.69, 9.17) is 9.16 Å². The number of carbonyl (C=O) groups is 1. The topological polar surface area (TPSA) is 125 Å². The number of hydrogen-bond acceptors (Lipinski definition) is 7. The van der Waals surface area contributed by atoms with Gasteiger partial charge in [-0.05, 0) is 62.7 Å². The highest BCUT2D eigenvalue weighted by Crippen LogP contribution is 2.38. The fourth-order valence-corrected chi connectivity index (χ4v) is 5.40. The summed E-state index contributed by atoms with van der Waals surface area (Å²) in [6.45, 7) is 15.0. The van der Waals surface area contributed by atoms with Gasteiger partial charge in [0.25, 0.3) is 5.69 Å². The predicted octanol–water partition coefficient (Wildman–Crippen LogP) is 5.68. The zero-order valence-electron chi connectivity index (χ0n) is 22.4. The number of nitrogens with one attached hydrogen (secondary N) is 1. The number of nitrogens with zero attached hydrogens (tertiary/aromatic N) is 1. The van der Waals surface area contributed by atoms with Gasteiger partial charge in [0.1, 0.15) is 11.4 Å². The first-order chi connectivity index (χ1) is 16.7. The standard InChI is InChI=1S/C25H35FN2O7SSi/c1-24(2,3)34-23(29)22(27-36(32,33)20-12-10-9-11-19(20)28(30)31)21(26)17-13-15-18(16-14-17)35-37(7,8)25(4,5)6/h9-16,21-22,27H,1-8H3/t21?,22-/m0/s1. The average Bonchev–Trinajstić information content (AvgIpc) is 2.75. The van der Waals surface area contributed by atoms with Crippen LogP contribution in [0.4, 0.5) is 10.1 Å². The molecule has 0 spiro atoms. The Morgan fingerprint density at radius 2 is 1.57 bits per heavy atom. The second-order valence-corrected chi connectivity index (χ2v) is 17.6. The summed E-state index contributed by atoms with van der Waals surface area (Å²) in [5.74, 6) is -0.638. The third kappa shape index (κ3) is 7.82. The molecule has 2 atom stereocenters. The molecule has 2 aromatic rings. The summed E-state index contributed by atoms with van der Waals surface area (Å²) in [5, 5.41) is 11.3. The highest BCUT2D eigenvalue weighted by Gasteiger charge is 2.40. The molecule has 0 bridgehead atoms. The van der Waals surface area contributed by atoms with E-state index in [0.29, 0.717) is 5.75 Å². The number of nitro benzene ring substituents is 1. The van der Waals surface area contributed by atoms with Crippen LogP contribution in [0.5, 0.6) is 5.75 Å². The van der Waals surface area contributed by atoms with Crippen molar-refractivity contribution in [2.75, 3.05) is 0 Å². The highest BCUT2D eigenvalue weighted by atomic mass is 32.2. The maximum atomic E-state index is 15.8. The van der Waals surface area contributed by atoms with E-state index in [1.807, 2.05) is 4.72 Å². The molecule has 12 heteroatoms. The fourth-order valence-electron chi connectivity index (χ4n) is 3.02. The molecule has 0 aliphatic carbocycles. The largest absolute Gasteiger partial charge is 0.544 e. The number of alkyl halides is 1. The SMILES string of the molecule is CC(C)(C)OC(=O)[C@@H](NS(=O)(=O)c1ccccc1[N+](=O)[O-])C(F)c1ccc(O[Si](C)(C)C(C)(C)C)cc1. The number of rotatable bonds is 9. The molecule has 2 rings (SSSR count). The third-order valence-electron chi connectivity index (χ3n) is 5.96. The number of ether oxygens (including phenoxy) is 1. The van der Waals surface area contributed by atoms with Crippen LogP contribution in [0.15, 0.2) is 53.4 Å². The number of sulfonamides is 1. The Bertz CT molecular complexity index is 1240. The van der Waals surface area contributed by atoms with Crippen molar-refractivity contribution in [1.29, 1.82) is 0 Å². The summed E-state index contributed by atoms with van der Waals surface area (Å²) in [6, 6.07) is 8.53. The van der Waals surface area contributed by atoms with Crippen LogP contribution in [0.2, 0.25) is 18.1 Å². The van der Waals surface area contributed by atoms with Crippen LogP contribution in [0.1, 0.15) is 53.3 Å². The van der Waals surface area contributed by atoms with Crippen LogP contribution >= 0.6 is 0 Å². The van der Waals surface area contributed by atoms with E-state index in [9.17, 15) is 23.3 Å². The van der Waals surface area contributed by atoms with Crippen LogP contribution in [0.25, 0.3) is 0 Å². The molecule has 0 aliphatic heterocycles. The van der Waals surface area contributed by atoms with Gasteiger partial charge in [0.05, 0.1) is 4.92 Å².